The fourth-order valence-electron chi connectivity index (χ4n) is 4.43. The number of aromatic nitrogens is 4. The van der Waals surface area contributed by atoms with E-state index in [2.05, 4.69) is 20.4 Å². The molecular formula is C24H25F3N6O4. The summed E-state index contributed by atoms with van der Waals surface area (Å²) in [5, 5.41) is 17.1. The summed E-state index contributed by atoms with van der Waals surface area (Å²) in [6.07, 6.45) is 0.464. The van der Waals surface area contributed by atoms with Crippen molar-refractivity contribution in [3.63, 3.8) is 0 Å². The summed E-state index contributed by atoms with van der Waals surface area (Å²) in [5.41, 5.74) is 0.405. The van der Waals surface area contributed by atoms with Crippen molar-refractivity contribution < 1.29 is 32.5 Å². The first-order valence-corrected chi connectivity index (χ1v) is 11.8. The molecule has 2 N–H and O–H groups in total. The number of anilines is 3. The van der Waals surface area contributed by atoms with Gasteiger partial charge < -0.3 is 24.8 Å². The Hall–Kier alpha value is -3.55. The van der Waals surface area contributed by atoms with Gasteiger partial charge in [-0.1, -0.05) is 0 Å². The maximum absolute atomic E-state index is 13.8. The van der Waals surface area contributed by atoms with Crippen molar-refractivity contribution in [1.82, 2.24) is 19.7 Å². The monoisotopic (exact) mass is 518 g/mol. The Kier molecular flexibility index (Phi) is 7.09. The zero-order chi connectivity index (χ0) is 26.0. The van der Waals surface area contributed by atoms with Crippen molar-refractivity contribution in [1.29, 1.82) is 0 Å². The number of rotatable bonds is 6. The molecule has 3 aromatic rings. The molecule has 0 radical (unpaired) electrons. The second kappa shape index (κ2) is 10.4. The van der Waals surface area contributed by atoms with Crippen LogP contribution in [-0.2, 0) is 27.1 Å². The van der Waals surface area contributed by atoms with Crippen LogP contribution in [0.25, 0.3) is 11.3 Å². The highest BCUT2D eigenvalue weighted by Crippen LogP contribution is 2.37. The number of aliphatic hydroxyl groups excluding tert-OH is 1. The van der Waals surface area contributed by atoms with Gasteiger partial charge in [-0.3, -0.25) is 9.48 Å². The fraction of sp³-hybridized carbons (Fsp3) is 0.417. The van der Waals surface area contributed by atoms with E-state index in [1.807, 2.05) is 0 Å². The lowest BCUT2D eigenvalue weighted by Crippen LogP contribution is -2.42. The Balaban J connectivity index is 1.44. The van der Waals surface area contributed by atoms with Crippen LogP contribution in [0.1, 0.15) is 30.0 Å². The maximum atomic E-state index is 13.8. The molecule has 37 heavy (non-hydrogen) atoms. The lowest BCUT2D eigenvalue weighted by Gasteiger charge is -2.28. The van der Waals surface area contributed by atoms with Crippen molar-refractivity contribution >= 4 is 23.2 Å². The molecule has 0 atom stereocenters. The number of amides is 1. The van der Waals surface area contributed by atoms with Gasteiger partial charge in [-0.15, -0.1) is 0 Å². The third-order valence-corrected chi connectivity index (χ3v) is 6.32. The van der Waals surface area contributed by atoms with E-state index in [-0.39, 0.29) is 42.4 Å². The molecule has 196 valence electrons. The number of benzene rings is 1. The van der Waals surface area contributed by atoms with E-state index in [0.717, 1.165) is 19.0 Å². The number of morpholine rings is 1. The van der Waals surface area contributed by atoms with Crippen LogP contribution in [0, 0.1) is 0 Å². The topological polar surface area (TPSA) is 115 Å². The molecule has 13 heteroatoms. The van der Waals surface area contributed by atoms with E-state index in [4.69, 9.17) is 9.47 Å². The standard InChI is InChI=1S/C24H25F3N6O4/c25-24(26,27)19-11-28-23(31-22(19)16-10-29-33(12-16)18-3-6-36-7-4-18)30-17-1-2-20(15(9-17)13-34)32-5-8-37-14-21(32)35/h1-2,9-12,18,34H,3-8,13-14H2,(H,28,30,31). The van der Waals surface area contributed by atoms with Gasteiger partial charge in [0.2, 0.25) is 5.95 Å². The average molecular weight is 518 g/mol. The van der Waals surface area contributed by atoms with Crippen LogP contribution in [0.15, 0.2) is 36.8 Å². The van der Waals surface area contributed by atoms with E-state index in [1.165, 1.54) is 11.1 Å². The van der Waals surface area contributed by atoms with Gasteiger partial charge in [0.05, 0.1) is 31.1 Å². The van der Waals surface area contributed by atoms with Crippen molar-refractivity contribution in [3.8, 4) is 11.3 Å². The highest BCUT2D eigenvalue weighted by molar-refractivity contribution is 5.95. The third-order valence-electron chi connectivity index (χ3n) is 6.32. The number of carbonyl (C=O) groups is 1. The molecule has 0 saturated carbocycles. The van der Waals surface area contributed by atoms with Crippen LogP contribution in [0.5, 0.6) is 0 Å². The van der Waals surface area contributed by atoms with Crippen molar-refractivity contribution in [2.75, 3.05) is 43.2 Å². The Morgan fingerprint density at radius 3 is 2.68 bits per heavy atom. The number of alkyl halides is 3. The Bertz CT molecular complexity index is 1280. The summed E-state index contributed by atoms with van der Waals surface area (Å²) in [6.45, 7) is 1.49. The quantitative estimate of drug-likeness (QED) is 0.511. The highest BCUT2D eigenvalue weighted by Gasteiger charge is 2.36. The molecule has 1 aromatic carbocycles. The average Bonchev–Trinajstić information content (AvgIpc) is 3.39. The second-order valence-corrected chi connectivity index (χ2v) is 8.73. The van der Waals surface area contributed by atoms with Gasteiger partial charge in [0.25, 0.3) is 5.91 Å². The number of hydrogen-bond acceptors (Lipinski definition) is 8. The highest BCUT2D eigenvalue weighted by atomic mass is 19.4. The second-order valence-electron chi connectivity index (χ2n) is 8.73. The summed E-state index contributed by atoms with van der Waals surface area (Å²) < 4.78 is 53.5. The van der Waals surface area contributed by atoms with Crippen LogP contribution in [0.3, 0.4) is 0 Å². The van der Waals surface area contributed by atoms with E-state index in [9.17, 15) is 23.1 Å². The molecule has 0 spiro atoms. The molecule has 1 amide bonds. The lowest BCUT2D eigenvalue weighted by molar-refractivity contribution is -0.137. The summed E-state index contributed by atoms with van der Waals surface area (Å²) in [4.78, 5) is 21.8. The molecule has 2 aliphatic heterocycles. The molecular weight excluding hydrogens is 493 g/mol. The van der Waals surface area contributed by atoms with Crippen molar-refractivity contribution in [3.05, 3.63) is 47.9 Å². The molecule has 2 aromatic heterocycles. The number of nitrogens with zero attached hydrogens (tertiary/aromatic N) is 5. The number of ether oxygens (including phenoxy) is 2. The summed E-state index contributed by atoms with van der Waals surface area (Å²) in [7, 11) is 0. The largest absolute Gasteiger partial charge is 0.419 e. The SMILES string of the molecule is O=C1COCCN1c1ccc(Nc2ncc(C(F)(F)F)c(-c3cnn(C4CCOCC4)c3)n2)cc1CO. The lowest BCUT2D eigenvalue weighted by atomic mass is 10.1. The van der Waals surface area contributed by atoms with Crippen molar-refractivity contribution in [2.45, 2.75) is 31.7 Å². The predicted molar refractivity (Wildman–Crippen MR) is 126 cm³/mol. The van der Waals surface area contributed by atoms with Gasteiger partial charge in [-0.25, -0.2) is 9.97 Å². The van der Waals surface area contributed by atoms with E-state index < -0.39 is 11.7 Å². The number of carbonyl (C=O) groups excluding carboxylic acids is 1. The Morgan fingerprint density at radius 1 is 1.14 bits per heavy atom. The first-order valence-electron chi connectivity index (χ1n) is 11.8. The summed E-state index contributed by atoms with van der Waals surface area (Å²) in [6, 6.07) is 4.94. The Morgan fingerprint density at radius 2 is 1.95 bits per heavy atom. The maximum Gasteiger partial charge on any atom is 0.419 e. The smallest absolute Gasteiger partial charge is 0.392 e. The minimum atomic E-state index is -4.66. The minimum absolute atomic E-state index is 0.0435. The number of halogens is 3. The van der Waals surface area contributed by atoms with Gasteiger partial charge in [-0.2, -0.15) is 18.3 Å². The van der Waals surface area contributed by atoms with Gasteiger partial charge in [0.15, 0.2) is 0 Å². The van der Waals surface area contributed by atoms with Crippen LogP contribution in [0.4, 0.5) is 30.5 Å². The number of hydrogen-bond donors (Lipinski definition) is 2. The molecule has 2 fully saturated rings. The zero-order valence-electron chi connectivity index (χ0n) is 19.7. The fourth-order valence-corrected chi connectivity index (χ4v) is 4.43. The predicted octanol–water partition coefficient (Wildman–Crippen LogP) is 3.31. The number of nitrogens with one attached hydrogen (secondary N) is 1. The van der Waals surface area contributed by atoms with Crippen LogP contribution >= 0.6 is 0 Å². The molecule has 0 aliphatic carbocycles. The van der Waals surface area contributed by atoms with Gasteiger partial charge >= 0.3 is 6.18 Å². The molecule has 4 heterocycles. The van der Waals surface area contributed by atoms with Crippen LogP contribution in [-0.4, -0.2) is 63.7 Å². The minimum Gasteiger partial charge on any atom is -0.392 e. The normalized spacial score (nSPS) is 17.3. The first-order chi connectivity index (χ1) is 17.8. The van der Waals surface area contributed by atoms with E-state index >= 15 is 0 Å². The van der Waals surface area contributed by atoms with E-state index in [1.54, 1.807) is 29.1 Å². The summed E-state index contributed by atoms with van der Waals surface area (Å²) >= 11 is 0. The molecule has 2 aliphatic rings. The van der Waals surface area contributed by atoms with Crippen LogP contribution in [0.2, 0.25) is 0 Å². The zero-order valence-corrected chi connectivity index (χ0v) is 19.7. The molecule has 2 saturated heterocycles. The Labute approximate surface area is 210 Å². The van der Waals surface area contributed by atoms with E-state index in [0.29, 0.717) is 43.3 Å². The van der Waals surface area contributed by atoms with Crippen molar-refractivity contribution in [2.24, 2.45) is 0 Å². The summed E-state index contributed by atoms with van der Waals surface area (Å²) in [5.74, 6) is -0.278. The van der Waals surface area contributed by atoms with Crippen LogP contribution < -0.4 is 10.2 Å². The molecule has 5 rings (SSSR count). The van der Waals surface area contributed by atoms with Gasteiger partial charge in [-0.05, 0) is 31.0 Å². The molecule has 10 nitrogen and oxygen atoms in total. The first kappa shape index (κ1) is 25.1. The number of aliphatic hydroxyl groups is 1. The third kappa shape index (κ3) is 5.43. The van der Waals surface area contributed by atoms with Gasteiger partial charge in [0, 0.05) is 54.7 Å². The molecule has 0 unspecified atom stereocenters. The van der Waals surface area contributed by atoms with Gasteiger partial charge in [0.1, 0.15) is 12.2 Å². The molecule has 0 bridgehead atoms.